The van der Waals surface area contributed by atoms with E-state index in [1.165, 1.54) is 6.07 Å². The maximum absolute atomic E-state index is 13.1. The number of amides is 1. The molecule has 6 nitrogen and oxygen atoms in total. The Labute approximate surface area is 160 Å². The molecule has 1 aromatic carbocycles. The molecule has 1 saturated heterocycles. The van der Waals surface area contributed by atoms with Crippen molar-refractivity contribution in [2.24, 2.45) is 0 Å². The maximum atomic E-state index is 13.1. The number of hydrogen-bond donors (Lipinski definition) is 3. The van der Waals surface area contributed by atoms with Crippen LogP contribution in [0.5, 0.6) is 0 Å². The molecular weight excluding hydrogens is 383 g/mol. The second kappa shape index (κ2) is 9.60. The Morgan fingerprint density at radius 1 is 1.37 bits per heavy atom. The van der Waals surface area contributed by atoms with Crippen LogP contribution in [-0.4, -0.2) is 50.1 Å². The van der Waals surface area contributed by atoms with E-state index in [4.69, 9.17) is 16.9 Å². The van der Waals surface area contributed by atoms with E-state index in [1.54, 1.807) is 6.07 Å². The van der Waals surface area contributed by atoms with Gasteiger partial charge in [0.15, 0.2) is 0 Å². The number of piperazine rings is 1. The summed E-state index contributed by atoms with van der Waals surface area (Å²) in [6.45, 7) is 4.47. The third-order valence-corrected chi connectivity index (χ3v) is 4.18. The molecule has 1 amide bonds. The summed E-state index contributed by atoms with van der Waals surface area (Å²) in [6.07, 6.45) is -3.67. The molecule has 1 aliphatic rings. The van der Waals surface area contributed by atoms with Crippen molar-refractivity contribution in [2.75, 3.05) is 44.6 Å². The molecule has 1 aromatic rings. The van der Waals surface area contributed by atoms with Crippen molar-refractivity contribution in [3.8, 4) is 6.07 Å². The predicted octanol–water partition coefficient (Wildman–Crippen LogP) is 2.20. The molecule has 0 saturated carbocycles. The van der Waals surface area contributed by atoms with Crippen molar-refractivity contribution in [3.05, 3.63) is 40.6 Å². The number of nitrogens with zero attached hydrogens (tertiary/aromatic N) is 2. The lowest BCUT2D eigenvalue weighted by molar-refractivity contribution is -0.136. The Kier molecular flexibility index (Phi) is 7.47. The van der Waals surface area contributed by atoms with E-state index in [-0.39, 0.29) is 16.3 Å². The van der Waals surface area contributed by atoms with Gasteiger partial charge in [-0.3, -0.25) is 9.69 Å². The molecule has 146 valence electrons. The van der Waals surface area contributed by atoms with E-state index < -0.39 is 17.6 Å². The molecular formula is C17H19ClF3N5O. The van der Waals surface area contributed by atoms with Crippen LogP contribution in [0.4, 0.5) is 18.9 Å². The van der Waals surface area contributed by atoms with Crippen molar-refractivity contribution in [1.82, 2.24) is 15.5 Å². The SMILES string of the molecule is N#C/C(=C/Nc1ccc(Cl)cc1C(F)(F)F)C(=O)NCCN1CCNCC1. The minimum Gasteiger partial charge on any atom is -0.360 e. The topological polar surface area (TPSA) is 80.2 Å². The second-order valence-corrected chi connectivity index (χ2v) is 6.29. The summed E-state index contributed by atoms with van der Waals surface area (Å²) in [4.78, 5) is 14.2. The third kappa shape index (κ3) is 6.43. The Morgan fingerprint density at radius 2 is 2.07 bits per heavy atom. The van der Waals surface area contributed by atoms with E-state index in [9.17, 15) is 18.0 Å². The smallest absolute Gasteiger partial charge is 0.360 e. The maximum Gasteiger partial charge on any atom is 0.418 e. The van der Waals surface area contributed by atoms with E-state index in [0.717, 1.165) is 44.5 Å². The highest BCUT2D eigenvalue weighted by atomic mass is 35.5. The Hall–Kier alpha value is -2.28. The van der Waals surface area contributed by atoms with Gasteiger partial charge in [0.05, 0.1) is 11.3 Å². The van der Waals surface area contributed by atoms with Gasteiger partial charge in [-0.2, -0.15) is 18.4 Å². The summed E-state index contributed by atoms with van der Waals surface area (Å²) in [5, 5.41) is 17.2. The van der Waals surface area contributed by atoms with Gasteiger partial charge >= 0.3 is 6.18 Å². The number of carbonyl (C=O) groups excluding carboxylic acids is 1. The van der Waals surface area contributed by atoms with Gasteiger partial charge in [0, 0.05) is 50.5 Å². The van der Waals surface area contributed by atoms with Crippen molar-refractivity contribution >= 4 is 23.2 Å². The Balaban J connectivity index is 1.97. The highest BCUT2D eigenvalue weighted by Gasteiger charge is 2.33. The molecule has 1 fully saturated rings. The molecule has 0 atom stereocenters. The zero-order valence-corrected chi connectivity index (χ0v) is 15.1. The number of rotatable bonds is 6. The summed E-state index contributed by atoms with van der Waals surface area (Å²) in [6, 6.07) is 4.88. The van der Waals surface area contributed by atoms with Gasteiger partial charge in [0.1, 0.15) is 11.6 Å². The monoisotopic (exact) mass is 401 g/mol. The summed E-state index contributed by atoms with van der Waals surface area (Å²) in [7, 11) is 0. The van der Waals surface area contributed by atoms with Crippen molar-refractivity contribution < 1.29 is 18.0 Å². The van der Waals surface area contributed by atoms with Gasteiger partial charge in [-0.15, -0.1) is 0 Å². The van der Waals surface area contributed by atoms with Crippen LogP contribution in [0.3, 0.4) is 0 Å². The van der Waals surface area contributed by atoms with Gasteiger partial charge in [0.2, 0.25) is 0 Å². The van der Waals surface area contributed by atoms with Crippen molar-refractivity contribution in [1.29, 1.82) is 5.26 Å². The van der Waals surface area contributed by atoms with Crippen LogP contribution in [-0.2, 0) is 11.0 Å². The van der Waals surface area contributed by atoms with E-state index >= 15 is 0 Å². The zero-order valence-electron chi connectivity index (χ0n) is 14.4. The molecule has 0 aromatic heterocycles. The molecule has 0 bridgehead atoms. The fourth-order valence-corrected chi connectivity index (χ4v) is 2.71. The Morgan fingerprint density at radius 3 is 2.70 bits per heavy atom. The predicted molar refractivity (Wildman–Crippen MR) is 96.1 cm³/mol. The van der Waals surface area contributed by atoms with E-state index in [1.807, 2.05) is 0 Å². The fraction of sp³-hybridized carbons (Fsp3) is 0.412. The first-order valence-corrected chi connectivity index (χ1v) is 8.64. The lowest BCUT2D eigenvalue weighted by Crippen LogP contribution is -2.46. The quantitative estimate of drug-likeness (QED) is 0.503. The van der Waals surface area contributed by atoms with Crippen LogP contribution in [0.2, 0.25) is 5.02 Å². The second-order valence-electron chi connectivity index (χ2n) is 5.85. The highest BCUT2D eigenvalue weighted by molar-refractivity contribution is 6.30. The van der Waals surface area contributed by atoms with Gasteiger partial charge in [-0.25, -0.2) is 0 Å². The van der Waals surface area contributed by atoms with Crippen molar-refractivity contribution in [2.45, 2.75) is 6.18 Å². The van der Waals surface area contributed by atoms with Gasteiger partial charge in [-0.05, 0) is 18.2 Å². The number of nitriles is 1. The molecule has 2 rings (SSSR count). The van der Waals surface area contributed by atoms with Gasteiger partial charge in [-0.1, -0.05) is 11.6 Å². The first kappa shape index (κ1) is 21.0. The number of nitrogens with one attached hydrogen (secondary N) is 3. The van der Waals surface area contributed by atoms with Crippen LogP contribution in [0, 0.1) is 11.3 Å². The number of benzene rings is 1. The van der Waals surface area contributed by atoms with Crippen LogP contribution in [0.1, 0.15) is 5.56 Å². The molecule has 3 N–H and O–H groups in total. The summed E-state index contributed by atoms with van der Waals surface area (Å²) in [5.41, 5.74) is -1.60. The molecule has 0 radical (unpaired) electrons. The number of halogens is 4. The average molecular weight is 402 g/mol. The van der Waals surface area contributed by atoms with Crippen LogP contribution >= 0.6 is 11.6 Å². The van der Waals surface area contributed by atoms with E-state index in [0.29, 0.717) is 13.1 Å². The van der Waals surface area contributed by atoms with E-state index in [2.05, 4.69) is 20.9 Å². The minimum absolute atomic E-state index is 0.0667. The first-order valence-electron chi connectivity index (χ1n) is 8.26. The minimum atomic E-state index is -4.63. The van der Waals surface area contributed by atoms with Crippen molar-refractivity contribution in [3.63, 3.8) is 0 Å². The molecule has 0 spiro atoms. The fourth-order valence-electron chi connectivity index (χ4n) is 2.53. The molecule has 0 aliphatic carbocycles. The van der Waals surface area contributed by atoms with Crippen LogP contribution in [0.25, 0.3) is 0 Å². The molecule has 1 aliphatic heterocycles. The number of carbonyl (C=O) groups is 1. The molecule has 10 heteroatoms. The zero-order chi connectivity index (χ0) is 19.9. The summed E-state index contributed by atoms with van der Waals surface area (Å²) >= 11 is 5.62. The number of alkyl halides is 3. The third-order valence-electron chi connectivity index (χ3n) is 3.95. The standard InChI is InChI=1S/C17H19ClF3N5O/c18-13-1-2-15(14(9-13)17(19,20)21)25-11-12(10-22)16(27)24-5-8-26-6-3-23-4-7-26/h1-2,9,11,23,25H,3-8H2,(H,24,27)/b12-11-. The highest BCUT2D eigenvalue weighted by Crippen LogP contribution is 2.36. The number of anilines is 1. The molecule has 1 heterocycles. The van der Waals surface area contributed by atoms with Crippen LogP contribution in [0.15, 0.2) is 30.0 Å². The van der Waals surface area contributed by atoms with Crippen LogP contribution < -0.4 is 16.0 Å². The van der Waals surface area contributed by atoms with Gasteiger partial charge < -0.3 is 16.0 Å². The summed E-state index contributed by atoms with van der Waals surface area (Å²) < 4.78 is 39.2. The number of hydrogen-bond acceptors (Lipinski definition) is 5. The average Bonchev–Trinajstić information content (AvgIpc) is 2.63. The largest absolute Gasteiger partial charge is 0.418 e. The molecule has 0 unspecified atom stereocenters. The molecule has 27 heavy (non-hydrogen) atoms. The lowest BCUT2D eigenvalue weighted by Gasteiger charge is -2.27. The Bertz CT molecular complexity index is 739. The first-order chi connectivity index (χ1) is 12.8. The lowest BCUT2D eigenvalue weighted by atomic mass is 10.1. The summed E-state index contributed by atoms with van der Waals surface area (Å²) in [5.74, 6) is -0.650. The van der Waals surface area contributed by atoms with Gasteiger partial charge in [0.25, 0.3) is 5.91 Å². The normalized spacial score (nSPS) is 15.9.